The van der Waals surface area contributed by atoms with Crippen LogP contribution in [0.15, 0.2) is 46.9 Å². The summed E-state index contributed by atoms with van der Waals surface area (Å²) in [4.78, 5) is 11.8. The fraction of sp³-hybridized carbons (Fsp3) is 0.0714. The van der Waals surface area contributed by atoms with Gasteiger partial charge in [0.05, 0.1) is 5.69 Å². The van der Waals surface area contributed by atoms with Crippen LogP contribution >= 0.6 is 15.9 Å². The normalized spacial score (nSPS) is 10.2. The minimum atomic E-state index is -0.514. The number of carbonyl (C=O) groups is 1. The Kier molecular flexibility index (Phi) is 4.70. The Bertz CT molecular complexity index is 634. The molecule has 2 amide bonds. The summed E-state index contributed by atoms with van der Waals surface area (Å²) in [5, 5.41) is 5.07. The van der Waals surface area contributed by atoms with Gasteiger partial charge < -0.3 is 16.4 Å². The van der Waals surface area contributed by atoms with Gasteiger partial charge in [-0.05, 0) is 35.9 Å². The highest BCUT2D eigenvalue weighted by atomic mass is 79.9. The number of urea groups is 1. The summed E-state index contributed by atoms with van der Waals surface area (Å²) in [6, 6.07) is 11.0. The lowest BCUT2D eigenvalue weighted by molar-refractivity contribution is 0.262. The summed E-state index contributed by atoms with van der Waals surface area (Å²) in [7, 11) is 0. The lowest BCUT2D eigenvalue weighted by Gasteiger charge is -2.09. The van der Waals surface area contributed by atoms with Gasteiger partial charge in [-0.1, -0.05) is 28.1 Å². The number of rotatable bonds is 3. The van der Waals surface area contributed by atoms with Crippen LogP contribution in [0.4, 0.5) is 20.6 Å². The average molecular weight is 338 g/mol. The third-order valence-electron chi connectivity index (χ3n) is 2.60. The maximum Gasteiger partial charge on any atom is 0.323 e. The minimum absolute atomic E-state index is 0.112. The van der Waals surface area contributed by atoms with E-state index in [9.17, 15) is 9.18 Å². The topological polar surface area (TPSA) is 67.1 Å². The SMILES string of the molecule is NCc1cccc(NC(=O)Nc2ccc(Br)cc2F)c1. The second-order valence-electron chi connectivity index (χ2n) is 4.11. The van der Waals surface area contributed by atoms with Gasteiger partial charge in [-0.3, -0.25) is 0 Å². The molecule has 4 N–H and O–H groups in total. The van der Waals surface area contributed by atoms with Crippen LogP contribution in [0.1, 0.15) is 5.56 Å². The largest absolute Gasteiger partial charge is 0.326 e. The Labute approximate surface area is 124 Å². The average Bonchev–Trinajstić information content (AvgIpc) is 2.42. The Morgan fingerprint density at radius 2 is 2.00 bits per heavy atom. The third kappa shape index (κ3) is 3.79. The van der Waals surface area contributed by atoms with E-state index < -0.39 is 11.8 Å². The van der Waals surface area contributed by atoms with Crippen LogP contribution in [0, 0.1) is 5.82 Å². The zero-order chi connectivity index (χ0) is 14.5. The van der Waals surface area contributed by atoms with Crippen LogP contribution in [0.5, 0.6) is 0 Å². The van der Waals surface area contributed by atoms with Crippen LogP contribution in [0.3, 0.4) is 0 Å². The molecule has 6 heteroatoms. The molecule has 0 aliphatic rings. The van der Waals surface area contributed by atoms with E-state index in [1.165, 1.54) is 12.1 Å². The molecule has 0 saturated heterocycles. The monoisotopic (exact) mass is 337 g/mol. The lowest BCUT2D eigenvalue weighted by atomic mass is 10.2. The van der Waals surface area contributed by atoms with Crippen LogP contribution in [-0.2, 0) is 6.54 Å². The molecule has 2 aromatic carbocycles. The molecule has 20 heavy (non-hydrogen) atoms. The molecule has 0 aliphatic carbocycles. The van der Waals surface area contributed by atoms with Crippen LogP contribution in [0.25, 0.3) is 0 Å². The van der Waals surface area contributed by atoms with E-state index in [1.807, 2.05) is 6.07 Å². The fourth-order valence-electron chi connectivity index (χ4n) is 1.65. The van der Waals surface area contributed by atoms with Crippen LogP contribution in [-0.4, -0.2) is 6.03 Å². The maximum absolute atomic E-state index is 13.6. The van der Waals surface area contributed by atoms with Gasteiger partial charge >= 0.3 is 6.03 Å². The molecule has 0 fully saturated rings. The van der Waals surface area contributed by atoms with E-state index >= 15 is 0 Å². The summed E-state index contributed by atoms with van der Waals surface area (Å²) in [6.07, 6.45) is 0. The summed E-state index contributed by atoms with van der Waals surface area (Å²) < 4.78 is 14.2. The van der Waals surface area contributed by atoms with Gasteiger partial charge in [0, 0.05) is 16.7 Å². The number of hydrogen-bond acceptors (Lipinski definition) is 2. The van der Waals surface area contributed by atoms with Crippen molar-refractivity contribution < 1.29 is 9.18 Å². The maximum atomic E-state index is 13.6. The third-order valence-corrected chi connectivity index (χ3v) is 3.09. The number of amides is 2. The fourth-order valence-corrected chi connectivity index (χ4v) is 1.98. The number of hydrogen-bond donors (Lipinski definition) is 3. The second-order valence-corrected chi connectivity index (χ2v) is 5.02. The van der Waals surface area contributed by atoms with Gasteiger partial charge in [0.2, 0.25) is 0 Å². The molecule has 0 heterocycles. The number of nitrogens with one attached hydrogen (secondary N) is 2. The number of benzene rings is 2. The van der Waals surface area contributed by atoms with E-state index in [2.05, 4.69) is 26.6 Å². The molecule has 0 bridgehead atoms. The van der Waals surface area contributed by atoms with E-state index in [0.29, 0.717) is 16.7 Å². The molecule has 0 atom stereocenters. The van der Waals surface area contributed by atoms with Crippen molar-refractivity contribution in [3.8, 4) is 0 Å². The van der Waals surface area contributed by atoms with E-state index in [4.69, 9.17) is 5.73 Å². The van der Waals surface area contributed by atoms with Crippen molar-refractivity contribution in [2.75, 3.05) is 10.6 Å². The molecule has 2 aromatic rings. The molecular formula is C14H13BrFN3O. The summed E-state index contributed by atoms with van der Waals surface area (Å²) >= 11 is 3.15. The van der Waals surface area contributed by atoms with Crippen LogP contribution in [0.2, 0.25) is 0 Å². The van der Waals surface area contributed by atoms with Crippen molar-refractivity contribution in [1.29, 1.82) is 0 Å². The first-order valence-electron chi connectivity index (χ1n) is 5.90. The zero-order valence-electron chi connectivity index (χ0n) is 10.5. The van der Waals surface area contributed by atoms with Gasteiger partial charge in [0.1, 0.15) is 5.82 Å². The molecule has 0 unspecified atom stereocenters. The van der Waals surface area contributed by atoms with Gasteiger partial charge in [-0.2, -0.15) is 0 Å². The molecule has 104 valence electrons. The lowest BCUT2D eigenvalue weighted by Crippen LogP contribution is -2.20. The number of anilines is 2. The first kappa shape index (κ1) is 14.5. The molecule has 0 radical (unpaired) electrons. The number of carbonyl (C=O) groups excluding carboxylic acids is 1. The second kappa shape index (κ2) is 6.49. The smallest absolute Gasteiger partial charge is 0.323 e. The molecular weight excluding hydrogens is 325 g/mol. The summed E-state index contributed by atoms with van der Waals surface area (Å²) in [6.45, 7) is 0.387. The quantitative estimate of drug-likeness (QED) is 0.799. The Hall–Kier alpha value is -1.92. The van der Waals surface area contributed by atoms with Gasteiger partial charge in [0.25, 0.3) is 0 Å². The highest BCUT2D eigenvalue weighted by Gasteiger charge is 2.07. The summed E-state index contributed by atoms with van der Waals surface area (Å²) in [5.41, 5.74) is 7.14. The summed E-state index contributed by atoms with van der Waals surface area (Å²) in [5.74, 6) is -0.509. The standard InChI is InChI=1S/C14H13BrFN3O/c15-10-4-5-13(12(16)7-10)19-14(20)18-11-3-1-2-9(6-11)8-17/h1-7H,8,17H2,(H2,18,19,20). The molecule has 4 nitrogen and oxygen atoms in total. The Morgan fingerprint density at radius 3 is 2.70 bits per heavy atom. The van der Waals surface area contributed by atoms with Crippen molar-refractivity contribution in [3.05, 3.63) is 58.3 Å². The molecule has 0 saturated carbocycles. The first-order chi connectivity index (χ1) is 9.58. The van der Waals surface area contributed by atoms with E-state index in [0.717, 1.165) is 5.56 Å². The molecule has 2 rings (SSSR count). The van der Waals surface area contributed by atoms with Gasteiger partial charge in [0.15, 0.2) is 0 Å². The molecule has 0 aliphatic heterocycles. The molecule has 0 aromatic heterocycles. The highest BCUT2D eigenvalue weighted by Crippen LogP contribution is 2.19. The van der Waals surface area contributed by atoms with Gasteiger partial charge in [-0.15, -0.1) is 0 Å². The van der Waals surface area contributed by atoms with Crippen molar-refractivity contribution in [2.45, 2.75) is 6.54 Å². The van der Waals surface area contributed by atoms with E-state index in [1.54, 1.807) is 24.3 Å². The zero-order valence-corrected chi connectivity index (χ0v) is 12.1. The van der Waals surface area contributed by atoms with Crippen molar-refractivity contribution >= 4 is 33.3 Å². The Morgan fingerprint density at radius 1 is 1.20 bits per heavy atom. The predicted octanol–water partition coefficient (Wildman–Crippen LogP) is 3.69. The Balaban J connectivity index is 2.05. The van der Waals surface area contributed by atoms with Crippen LogP contribution < -0.4 is 16.4 Å². The predicted molar refractivity (Wildman–Crippen MR) is 81.1 cm³/mol. The van der Waals surface area contributed by atoms with E-state index in [-0.39, 0.29) is 5.69 Å². The first-order valence-corrected chi connectivity index (χ1v) is 6.70. The molecule has 0 spiro atoms. The van der Waals surface area contributed by atoms with Crippen molar-refractivity contribution in [2.24, 2.45) is 5.73 Å². The number of nitrogens with two attached hydrogens (primary N) is 1. The van der Waals surface area contributed by atoms with Crippen molar-refractivity contribution in [1.82, 2.24) is 0 Å². The minimum Gasteiger partial charge on any atom is -0.326 e. The number of halogens is 2. The van der Waals surface area contributed by atoms with Crippen molar-refractivity contribution in [3.63, 3.8) is 0 Å². The highest BCUT2D eigenvalue weighted by molar-refractivity contribution is 9.10. The van der Waals surface area contributed by atoms with Gasteiger partial charge in [-0.25, -0.2) is 9.18 Å².